The number of aryl methyl sites for hydroxylation is 1. The number of likely N-dealkylation sites (N-methyl/N-ethyl adjacent to an activating group) is 1. The quantitative estimate of drug-likeness (QED) is 0.682. The van der Waals surface area contributed by atoms with Gasteiger partial charge in [0.05, 0.1) is 12.1 Å². The zero-order chi connectivity index (χ0) is 18.8. The van der Waals surface area contributed by atoms with Gasteiger partial charge >= 0.3 is 0 Å². The number of methoxy groups -OCH3 is 1. The zero-order valence-corrected chi connectivity index (χ0v) is 15.9. The summed E-state index contributed by atoms with van der Waals surface area (Å²) >= 11 is 0. The fraction of sp³-hybridized carbons (Fsp3) is 0.421. The number of carbonyl (C=O) groups is 1. The van der Waals surface area contributed by atoms with E-state index < -0.39 is 0 Å². The third-order valence-corrected chi connectivity index (χ3v) is 4.43. The number of aromatic nitrogens is 4. The van der Waals surface area contributed by atoms with Gasteiger partial charge in [0.2, 0.25) is 0 Å². The summed E-state index contributed by atoms with van der Waals surface area (Å²) in [5.41, 5.74) is 1.96. The third-order valence-electron chi connectivity index (χ3n) is 4.43. The summed E-state index contributed by atoms with van der Waals surface area (Å²) in [7, 11) is 3.38. The van der Waals surface area contributed by atoms with Gasteiger partial charge < -0.3 is 14.2 Å². The van der Waals surface area contributed by atoms with Crippen LogP contribution in [0.1, 0.15) is 36.2 Å². The molecule has 0 radical (unpaired) electrons. The molecule has 0 N–H and O–H groups in total. The zero-order valence-electron chi connectivity index (χ0n) is 15.9. The van der Waals surface area contributed by atoms with E-state index in [0.29, 0.717) is 30.7 Å². The lowest BCUT2D eigenvalue weighted by molar-refractivity contribution is 0.0741. The lowest BCUT2D eigenvalue weighted by atomic mass is 10.3. The lowest BCUT2D eigenvalue weighted by Crippen LogP contribution is -2.30. The van der Waals surface area contributed by atoms with Crippen LogP contribution in [0.25, 0.3) is 17.0 Å². The largest absolute Gasteiger partial charge is 0.383 e. The SMILES string of the molecule is COCCN(C)C(=O)c1nc(-c2cn(C(C)C)c(C)n2)n2ccccc12. The second-order valence-corrected chi connectivity index (χ2v) is 6.63. The van der Waals surface area contributed by atoms with Crippen LogP contribution in [0, 0.1) is 6.92 Å². The minimum atomic E-state index is -0.128. The predicted octanol–water partition coefficient (Wildman–Crippen LogP) is 2.81. The Bertz CT molecular complexity index is 925. The van der Waals surface area contributed by atoms with Gasteiger partial charge in [0, 0.05) is 39.1 Å². The number of rotatable bonds is 6. The smallest absolute Gasteiger partial charge is 0.274 e. The van der Waals surface area contributed by atoms with Crippen molar-refractivity contribution in [3.63, 3.8) is 0 Å². The minimum Gasteiger partial charge on any atom is -0.383 e. The fourth-order valence-electron chi connectivity index (χ4n) is 3.00. The molecule has 7 nitrogen and oxygen atoms in total. The van der Waals surface area contributed by atoms with Gasteiger partial charge in [-0.2, -0.15) is 0 Å². The van der Waals surface area contributed by atoms with Crippen LogP contribution in [-0.2, 0) is 4.74 Å². The van der Waals surface area contributed by atoms with Gasteiger partial charge in [0.15, 0.2) is 11.5 Å². The van der Waals surface area contributed by atoms with Gasteiger partial charge in [-0.15, -0.1) is 0 Å². The first-order valence-corrected chi connectivity index (χ1v) is 8.71. The normalized spacial score (nSPS) is 11.5. The van der Waals surface area contributed by atoms with Crippen LogP contribution < -0.4 is 0 Å². The van der Waals surface area contributed by atoms with Gasteiger partial charge in [0.25, 0.3) is 5.91 Å². The fourth-order valence-corrected chi connectivity index (χ4v) is 3.00. The van der Waals surface area contributed by atoms with Crippen molar-refractivity contribution in [1.29, 1.82) is 0 Å². The van der Waals surface area contributed by atoms with E-state index >= 15 is 0 Å². The number of fused-ring (bicyclic) bond motifs is 1. The summed E-state index contributed by atoms with van der Waals surface area (Å²) in [6, 6.07) is 6.04. The van der Waals surface area contributed by atoms with Crippen molar-refractivity contribution in [3.05, 3.63) is 42.1 Å². The van der Waals surface area contributed by atoms with E-state index in [-0.39, 0.29) is 5.91 Å². The van der Waals surface area contributed by atoms with Crippen LogP contribution in [0.5, 0.6) is 0 Å². The number of nitrogens with zero attached hydrogens (tertiary/aromatic N) is 5. The molecular formula is C19H25N5O2. The minimum absolute atomic E-state index is 0.128. The number of amides is 1. The summed E-state index contributed by atoms with van der Waals surface area (Å²) in [5.74, 6) is 1.47. The average Bonchev–Trinajstić information content (AvgIpc) is 3.19. The highest BCUT2D eigenvalue weighted by Crippen LogP contribution is 2.24. The van der Waals surface area contributed by atoms with Crippen LogP contribution in [0.3, 0.4) is 0 Å². The number of ether oxygens (including phenoxy) is 1. The molecule has 3 heterocycles. The second kappa shape index (κ2) is 7.29. The molecule has 0 aliphatic rings. The topological polar surface area (TPSA) is 64.7 Å². The Morgan fingerprint density at radius 3 is 2.73 bits per heavy atom. The monoisotopic (exact) mass is 355 g/mol. The maximum Gasteiger partial charge on any atom is 0.274 e. The molecule has 0 aliphatic heterocycles. The first kappa shape index (κ1) is 18.1. The van der Waals surface area contributed by atoms with Crippen LogP contribution in [0.4, 0.5) is 0 Å². The highest BCUT2D eigenvalue weighted by Gasteiger charge is 2.22. The molecular weight excluding hydrogens is 330 g/mol. The Kier molecular flexibility index (Phi) is 5.08. The van der Waals surface area contributed by atoms with Crippen molar-refractivity contribution < 1.29 is 9.53 Å². The number of hydrogen-bond acceptors (Lipinski definition) is 4. The molecule has 3 aromatic heterocycles. The van der Waals surface area contributed by atoms with E-state index in [1.807, 2.05) is 41.9 Å². The van der Waals surface area contributed by atoms with Crippen molar-refractivity contribution in [2.45, 2.75) is 26.8 Å². The van der Waals surface area contributed by atoms with E-state index in [9.17, 15) is 4.79 Å². The second-order valence-electron chi connectivity index (χ2n) is 6.63. The molecule has 1 amide bonds. The van der Waals surface area contributed by atoms with Crippen molar-refractivity contribution in [2.24, 2.45) is 0 Å². The summed E-state index contributed by atoms with van der Waals surface area (Å²) in [6.07, 6.45) is 3.90. The molecule has 0 aromatic carbocycles. The van der Waals surface area contributed by atoms with Crippen molar-refractivity contribution >= 4 is 11.4 Å². The van der Waals surface area contributed by atoms with E-state index in [2.05, 4.69) is 28.4 Å². The Labute approximate surface area is 153 Å². The molecule has 0 aliphatic carbocycles. The summed E-state index contributed by atoms with van der Waals surface area (Å²) < 4.78 is 9.09. The van der Waals surface area contributed by atoms with Crippen LogP contribution >= 0.6 is 0 Å². The van der Waals surface area contributed by atoms with E-state index in [4.69, 9.17) is 4.74 Å². The van der Waals surface area contributed by atoms with E-state index in [1.54, 1.807) is 19.1 Å². The van der Waals surface area contributed by atoms with Crippen molar-refractivity contribution in [2.75, 3.05) is 27.3 Å². The Morgan fingerprint density at radius 1 is 1.31 bits per heavy atom. The van der Waals surface area contributed by atoms with Gasteiger partial charge in [0.1, 0.15) is 11.5 Å². The molecule has 7 heteroatoms. The molecule has 3 rings (SSSR count). The van der Waals surface area contributed by atoms with Gasteiger partial charge in [-0.3, -0.25) is 9.20 Å². The molecule has 0 unspecified atom stereocenters. The highest BCUT2D eigenvalue weighted by atomic mass is 16.5. The summed E-state index contributed by atoms with van der Waals surface area (Å²) in [4.78, 5) is 23.8. The molecule has 138 valence electrons. The van der Waals surface area contributed by atoms with Crippen LogP contribution in [-0.4, -0.2) is 57.1 Å². The lowest BCUT2D eigenvalue weighted by Gasteiger charge is -2.15. The van der Waals surface area contributed by atoms with Gasteiger partial charge in [-0.1, -0.05) is 6.07 Å². The number of carbonyl (C=O) groups excluding carboxylic acids is 1. The number of imidazole rings is 2. The number of pyridine rings is 1. The van der Waals surface area contributed by atoms with Crippen LogP contribution in [0.2, 0.25) is 0 Å². The Balaban J connectivity index is 2.08. The first-order valence-electron chi connectivity index (χ1n) is 8.71. The Morgan fingerprint density at radius 2 is 2.08 bits per heavy atom. The van der Waals surface area contributed by atoms with Gasteiger partial charge in [-0.05, 0) is 32.9 Å². The molecule has 0 spiro atoms. The number of hydrogen-bond donors (Lipinski definition) is 0. The molecule has 26 heavy (non-hydrogen) atoms. The van der Waals surface area contributed by atoms with Gasteiger partial charge in [-0.25, -0.2) is 9.97 Å². The molecule has 0 atom stereocenters. The summed E-state index contributed by atoms with van der Waals surface area (Å²) in [5, 5.41) is 0. The van der Waals surface area contributed by atoms with E-state index in [1.165, 1.54) is 0 Å². The Hall–Kier alpha value is -2.67. The summed E-state index contributed by atoms with van der Waals surface area (Å²) in [6.45, 7) is 7.20. The third kappa shape index (κ3) is 3.22. The first-order chi connectivity index (χ1) is 12.4. The van der Waals surface area contributed by atoms with E-state index in [0.717, 1.165) is 17.0 Å². The maximum atomic E-state index is 12.9. The molecule has 3 aromatic rings. The predicted molar refractivity (Wildman–Crippen MR) is 100 cm³/mol. The van der Waals surface area contributed by atoms with Crippen molar-refractivity contribution in [3.8, 4) is 11.5 Å². The molecule has 0 bridgehead atoms. The highest BCUT2D eigenvalue weighted by molar-refractivity contribution is 5.99. The van der Waals surface area contributed by atoms with Crippen molar-refractivity contribution in [1.82, 2.24) is 23.8 Å². The van der Waals surface area contributed by atoms with Crippen LogP contribution in [0.15, 0.2) is 30.6 Å². The molecule has 0 fully saturated rings. The molecule has 0 saturated heterocycles. The molecule has 0 saturated carbocycles. The standard InChI is InChI=1S/C19H25N5O2/c1-13(2)24-12-15(20-14(24)3)18-21-17(16-8-6-7-9-23(16)18)19(25)22(4)10-11-26-5/h6-9,12-13H,10-11H2,1-5H3. The maximum absolute atomic E-state index is 12.9. The average molecular weight is 355 g/mol.